The number of hydrogen-bond acceptors (Lipinski definition) is 4. The van der Waals surface area contributed by atoms with Crippen LogP contribution in [0.25, 0.3) is 0 Å². The molecule has 0 amide bonds. The highest BCUT2D eigenvalue weighted by Gasteiger charge is 2.25. The maximum absolute atomic E-state index is 13.5. The number of aliphatic hydroxyl groups excluding tert-OH is 1. The van der Waals surface area contributed by atoms with Crippen molar-refractivity contribution in [2.24, 2.45) is 0 Å². The van der Waals surface area contributed by atoms with Gasteiger partial charge in [-0.25, -0.2) is 8.78 Å². The van der Waals surface area contributed by atoms with Crippen LogP contribution in [-0.2, 0) is 16.6 Å². The molecule has 9 heteroatoms. The van der Waals surface area contributed by atoms with E-state index in [4.69, 9.17) is 5.11 Å². The number of sulfonamides is 1. The van der Waals surface area contributed by atoms with Gasteiger partial charge in [0.2, 0.25) is 5.03 Å². The Morgan fingerprint density at radius 2 is 2.10 bits per heavy atom. The summed E-state index contributed by atoms with van der Waals surface area (Å²) in [5.41, 5.74) is -0.101. The summed E-state index contributed by atoms with van der Waals surface area (Å²) in [6.45, 7) is 0.977. The molecule has 6 nitrogen and oxygen atoms in total. The van der Waals surface area contributed by atoms with Crippen LogP contribution in [0.4, 0.5) is 14.5 Å². The summed E-state index contributed by atoms with van der Waals surface area (Å²) >= 11 is 0. The van der Waals surface area contributed by atoms with Gasteiger partial charge in [-0.2, -0.15) is 13.5 Å². The van der Waals surface area contributed by atoms with Gasteiger partial charge in [-0.3, -0.25) is 9.82 Å². The van der Waals surface area contributed by atoms with Gasteiger partial charge in [0, 0.05) is 11.3 Å². The van der Waals surface area contributed by atoms with Crippen molar-refractivity contribution in [1.29, 1.82) is 0 Å². The van der Waals surface area contributed by atoms with Crippen molar-refractivity contribution >= 4 is 15.7 Å². The number of aliphatic hydroxyl groups is 1. The quantitative estimate of drug-likeness (QED) is 0.793. The second kappa shape index (κ2) is 5.17. The highest BCUT2D eigenvalue weighted by molar-refractivity contribution is 7.92. The first kappa shape index (κ1) is 14.4. The zero-order valence-electron chi connectivity index (χ0n) is 10.3. The highest BCUT2D eigenvalue weighted by Crippen LogP contribution is 2.22. The van der Waals surface area contributed by atoms with Gasteiger partial charge in [0.15, 0.2) is 11.6 Å². The summed E-state index contributed by atoms with van der Waals surface area (Å²) in [7, 11) is -4.23. The molecule has 3 N–H and O–H groups in total. The third kappa shape index (κ3) is 2.49. The zero-order chi connectivity index (χ0) is 14.9. The van der Waals surface area contributed by atoms with Crippen LogP contribution in [0.3, 0.4) is 0 Å². The zero-order valence-corrected chi connectivity index (χ0v) is 11.1. The normalized spacial score (nSPS) is 11.6. The lowest BCUT2D eigenvalue weighted by atomic mass is 10.3. The predicted molar refractivity (Wildman–Crippen MR) is 66.4 cm³/mol. The van der Waals surface area contributed by atoms with Gasteiger partial charge in [0.1, 0.15) is 0 Å². The smallest absolute Gasteiger partial charge is 0.281 e. The summed E-state index contributed by atoms with van der Waals surface area (Å²) in [4.78, 5) is 0. The van der Waals surface area contributed by atoms with Crippen LogP contribution < -0.4 is 4.72 Å². The molecule has 0 unspecified atom stereocenters. The first-order valence-corrected chi connectivity index (χ1v) is 6.96. The second-order valence-corrected chi connectivity index (χ2v) is 5.59. The maximum atomic E-state index is 13.5. The number of hydrogen-bond donors (Lipinski definition) is 3. The Bertz CT molecular complexity index is 743. The van der Waals surface area contributed by atoms with Crippen molar-refractivity contribution < 1.29 is 22.3 Å². The molecule has 1 heterocycles. The van der Waals surface area contributed by atoms with E-state index in [0.29, 0.717) is 5.69 Å². The molecule has 0 spiro atoms. The summed E-state index contributed by atoms with van der Waals surface area (Å²) in [5, 5.41) is 14.6. The fourth-order valence-corrected chi connectivity index (χ4v) is 2.87. The summed E-state index contributed by atoms with van der Waals surface area (Å²) in [6, 6.07) is 3.11. The average Bonchev–Trinajstić information content (AvgIpc) is 2.76. The SMILES string of the molecule is Cc1[nH]nc(S(=O)(=O)Nc2cccc(F)c2F)c1CO. The molecule has 0 saturated heterocycles. The largest absolute Gasteiger partial charge is 0.392 e. The molecule has 1 aromatic carbocycles. The molecule has 0 saturated carbocycles. The van der Waals surface area contributed by atoms with Crippen molar-refractivity contribution in [1.82, 2.24) is 10.2 Å². The lowest BCUT2D eigenvalue weighted by molar-refractivity contribution is 0.277. The van der Waals surface area contributed by atoms with E-state index in [1.54, 1.807) is 0 Å². The van der Waals surface area contributed by atoms with E-state index < -0.39 is 39.0 Å². The number of nitrogens with one attached hydrogen (secondary N) is 2. The predicted octanol–water partition coefficient (Wildman–Crippen LogP) is 1.29. The van der Waals surface area contributed by atoms with E-state index >= 15 is 0 Å². The molecule has 2 aromatic rings. The number of aryl methyl sites for hydroxylation is 1. The van der Waals surface area contributed by atoms with Crippen LogP contribution in [0.15, 0.2) is 23.2 Å². The topological polar surface area (TPSA) is 95.1 Å². The lowest BCUT2D eigenvalue weighted by Gasteiger charge is -2.08. The molecule has 1 aromatic heterocycles. The number of aromatic amines is 1. The Hall–Kier alpha value is -2.00. The van der Waals surface area contributed by atoms with Gasteiger partial charge in [-0.05, 0) is 19.1 Å². The van der Waals surface area contributed by atoms with E-state index in [1.165, 1.54) is 13.0 Å². The number of halogens is 2. The number of H-pyrrole nitrogens is 1. The monoisotopic (exact) mass is 303 g/mol. The minimum Gasteiger partial charge on any atom is -0.392 e. The van der Waals surface area contributed by atoms with Crippen molar-refractivity contribution in [2.75, 3.05) is 4.72 Å². The van der Waals surface area contributed by atoms with Crippen molar-refractivity contribution in [3.05, 3.63) is 41.1 Å². The molecule has 0 atom stereocenters. The van der Waals surface area contributed by atoms with Crippen LogP contribution in [-0.4, -0.2) is 23.7 Å². The Morgan fingerprint density at radius 1 is 1.40 bits per heavy atom. The molecular formula is C11H11F2N3O3S. The van der Waals surface area contributed by atoms with E-state index in [9.17, 15) is 17.2 Å². The van der Waals surface area contributed by atoms with Gasteiger partial charge in [-0.15, -0.1) is 0 Å². The Labute approximate surface area is 113 Å². The Kier molecular flexibility index (Phi) is 3.73. The van der Waals surface area contributed by atoms with Gasteiger partial charge in [0.05, 0.1) is 12.3 Å². The van der Waals surface area contributed by atoms with Crippen molar-refractivity contribution in [3.8, 4) is 0 Å². The molecule has 0 fully saturated rings. The Balaban J connectivity index is 2.44. The standard InChI is InChI=1S/C11H11F2N3O3S/c1-6-7(5-17)11(15-14-6)20(18,19)16-9-4-2-3-8(12)10(9)13/h2-4,16-17H,5H2,1H3,(H,14,15). The fraction of sp³-hybridized carbons (Fsp3) is 0.182. The summed E-state index contributed by atoms with van der Waals surface area (Å²) < 4.78 is 52.5. The van der Waals surface area contributed by atoms with Crippen LogP contribution >= 0.6 is 0 Å². The van der Waals surface area contributed by atoms with E-state index in [-0.39, 0.29) is 5.56 Å². The molecule has 0 aliphatic carbocycles. The molecule has 0 aliphatic heterocycles. The van der Waals surface area contributed by atoms with E-state index in [0.717, 1.165) is 12.1 Å². The number of benzene rings is 1. The number of anilines is 1. The molecule has 0 bridgehead atoms. The molecule has 20 heavy (non-hydrogen) atoms. The van der Waals surface area contributed by atoms with Gasteiger partial charge >= 0.3 is 0 Å². The first-order valence-electron chi connectivity index (χ1n) is 5.48. The van der Waals surface area contributed by atoms with Crippen molar-refractivity contribution in [2.45, 2.75) is 18.6 Å². The van der Waals surface area contributed by atoms with E-state index in [1.807, 2.05) is 4.72 Å². The molecular weight excluding hydrogens is 292 g/mol. The second-order valence-electron chi connectivity index (χ2n) is 4.00. The minimum atomic E-state index is -4.23. The number of aromatic nitrogens is 2. The van der Waals surface area contributed by atoms with Crippen molar-refractivity contribution in [3.63, 3.8) is 0 Å². The summed E-state index contributed by atoms with van der Waals surface area (Å²) in [6.07, 6.45) is 0. The number of nitrogens with zero attached hydrogens (tertiary/aromatic N) is 1. The van der Waals surface area contributed by atoms with Crippen LogP contribution in [0.1, 0.15) is 11.3 Å². The van der Waals surface area contributed by atoms with Gasteiger partial charge in [-0.1, -0.05) is 6.07 Å². The molecule has 0 radical (unpaired) electrons. The molecule has 2 rings (SSSR count). The van der Waals surface area contributed by atoms with Gasteiger partial charge < -0.3 is 5.11 Å². The van der Waals surface area contributed by atoms with Crippen LogP contribution in [0.2, 0.25) is 0 Å². The third-order valence-electron chi connectivity index (χ3n) is 2.64. The Morgan fingerprint density at radius 3 is 2.75 bits per heavy atom. The maximum Gasteiger partial charge on any atom is 0.281 e. The average molecular weight is 303 g/mol. The molecule has 0 aliphatic rings. The van der Waals surface area contributed by atoms with Gasteiger partial charge in [0.25, 0.3) is 10.0 Å². The lowest BCUT2D eigenvalue weighted by Crippen LogP contribution is -2.16. The summed E-state index contributed by atoms with van der Waals surface area (Å²) in [5.74, 6) is -2.49. The number of rotatable bonds is 4. The highest BCUT2D eigenvalue weighted by atomic mass is 32.2. The van der Waals surface area contributed by atoms with E-state index in [2.05, 4.69) is 10.2 Å². The molecule has 108 valence electrons. The fourth-order valence-electron chi connectivity index (χ4n) is 1.61. The third-order valence-corrected chi connectivity index (χ3v) is 3.98. The first-order chi connectivity index (χ1) is 9.36. The van der Waals surface area contributed by atoms with Crippen LogP contribution in [0.5, 0.6) is 0 Å². The van der Waals surface area contributed by atoms with Crippen LogP contribution in [0, 0.1) is 18.6 Å². The minimum absolute atomic E-state index is 0.0642.